The van der Waals surface area contributed by atoms with E-state index >= 15 is 0 Å². The Morgan fingerprint density at radius 3 is 2.87 bits per heavy atom. The zero-order valence-corrected chi connectivity index (χ0v) is 10.7. The summed E-state index contributed by atoms with van der Waals surface area (Å²) < 4.78 is 0. The van der Waals surface area contributed by atoms with Gasteiger partial charge >= 0.3 is 0 Å². The first-order chi connectivity index (χ1) is 7.09. The average molecular weight is 289 g/mol. The quantitative estimate of drug-likeness (QED) is 0.727. The molecule has 80 valence electrons. The van der Waals surface area contributed by atoms with Crippen LogP contribution < -0.4 is 4.90 Å². The van der Waals surface area contributed by atoms with Gasteiger partial charge in [0, 0.05) is 6.54 Å². The van der Waals surface area contributed by atoms with E-state index in [0.29, 0.717) is 5.02 Å². The zero-order chi connectivity index (χ0) is 11.0. The number of aryl methyl sites for hydroxylation is 1. The van der Waals surface area contributed by atoms with Gasteiger partial charge in [-0.3, -0.25) is 4.79 Å². The highest BCUT2D eigenvalue weighted by molar-refractivity contribution is 9.10. The molecule has 1 unspecified atom stereocenters. The van der Waals surface area contributed by atoms with E-state index in [9.17, 15) is 4.79 Å². The lowest BCUT2D eigenvalue weighted by Gasteiger charge is -2.18. The van der Waals surface area contributed by atoms with Gasteiger partial charge in [0.05, 0.1) is 15.5 Å². The number of carbonyl (C=O) groups excluding carboxylic acids is 1. The number of hydrogen-bond acceptors (Lipinski definition) is 1. The lowest BCUT2D eigenvalue weighted by atomic mass is 10.2. The van der Waals surface area contributed by atoms with Crippen molar-refractivity contribution in [1.82, 2.24) is 0 Å². The van der Waals surface area contributed by atoms with Crippen LogP contribution in [-0.4, -0.2) is 17.3 Å². The van der Waals surface area contributed by atoms with Gasteiger partial charge in [-0.2, -0.15) is 0 Å². The first-order valence-corrected chi connectivity index (χ1v) is 6.10. The molecule has 0 saturated carbocycles. The van der Waals surface area contributed by atoms with Gasteiger partial charge in [0.15, 0.2) is 0 Å². The number of rotatable bonds is 1. The molecule has 0 bridgehead atoms. The molecule has 0 spiro atoms. The van der Waals surface area contributed by atoms with Crippen molar-refractivity contribution in [2.75, 3.05) is 11.4 Å². The van der Waals surface area contributed by atoms with E-state index in [2.05, 4.69) is 15.9 Å². The Labute approximate surface area is 102 Å². The van der Waals surface area contributed by atoms with Gasteiger partial charge in [0.1, 0.15) is 0 Å². The van der Waals surface area contributed by atoms with Crippen molar-refractivity contribution in [2.24, 2.45) is 0 Å². The normalized spacial score (nSPS) is 21.1. The fraction of sp³-hybridized carbons (Fsp3) is 0.364. The summed E-state index contributed by atoms with van der Waals surface area (Å²) in [6.07, 6.45) is 0.836. The van der Waals surface area contributed by atoms with Crippen molar-refractivity contribution in [2.45, 2.75) is 18.2 Å². The Balaban J connectivity index is 2.37. The molecule has 0 radical (unpaired) electrons. The molecule has 1 saturated heterocycles. The summed E-state index contributed by atoms with van der Waals surface area (Å²) in [5, 5.41) is 0.635. The summed E-state index contributed by atoms with van der Waals surface area (Å²) in [7, 11) is 0. The second-order valence-electron chi connectivity index (χ2n) is 3.70. The molecule has 2 nitrogen and oxygen atoms in total. The molecule has 1 amide bonds. The van der Waals surface area contributed by atoms with Crippen LogP contribution in [0.4, 0.5) is 5.69 Å². The smallest absolute Gasteiger partial charge is 0.240 e. The van der Waals surface area contributed by atoms with Crippen LogP contribution in [0.3, 0.4) is 0 Å². The van der Waals surface area contributed by atoms with E-state index in [1.54, 1.807) is 4.90 Å². The summed E-state index contributed by atoms with van der Waals surface area (Å²) in [4.78, 5) is 13.5. The number of benzene rings is 1. The Hall–Kier alpha value is -0.540. The maximum atomic E-state index is 11.8. The largest absolute Gasteiger partial charge is 0.310 e. The Morgan fingerprint density at radius 2 is 2.27 bits per heavy atom. The first kappa shape index (κ1) is 11.0. The average Bonchev–Trinajstić information content (AvgIpc) is 2.52. The van der Waals surface area contributed by atoms with Crippen LogP contribution >= 0.6 is 27.5 Å². The maximum Gasteiger partial charge on any atom is 0.240 e. The molecule has 1 aromatic carbocycles. The number of anilines is 1. The minimum atomic E-state index is -0.0610. The highest BCUT2D eigenvalue weighted by Crippen LogP contribution is 2.31. The second kappa shape index (κ2) is 4.14. The number of halogens is 2. The van der Waals surface area contributed by atoms with E-state index in [4.69, 9.17) is 11.6 Å². The molecule has 0 N–H and O–H groups in total. The molecule has 1 aliphatic heterocycles. The predicted octanol–water partition coefficient (Wildman–Crippen LogP) is 3.15. The Bertz CT molecular complexity index is 408. The molecule has 1 fully saturated rings. The zero-order valence-electron chi connectivity index (χ0n) is 8.34. The molecular formula is C11H11BrClNO. The SMILES string of the molecule is Cc1ccc(Cl)c(N2CCC(Br)C2=O)c1. The molecule has 1 heterocycles. The maximum absolute atomic E-state index is 11.8. The minimum absolute atomic E-state index is 0.0610. The second-order valence-corrected chi connectivity index (χ2v) is 5.21. The number of hydrogen-bond donors (Lipinski definition) is 0. The number of alkyl halides is 1. The van der Waals surface area contributed by atoms with E-state index in [-0.39, 0.29) is 10.7 Å². The van der Waals surface area contributed by atoms with Crippen LogP contribution in [0.15, 0.2) is 18.2 Å². The van der Waals surface area contributed by atoms with Gasteiger partial charge in [-0.1, -0.05) is 33.6 Å². The molecule has 1 atom stereocenters. The van der Waals surface area contributed by atoms with Gasteiger partial charge in [-0.25, -0.2) is 0 Å². The minimum Gasteiger partial charge on any atom is -0.310 e. The van der Waals surface area contributed by atoms with Crippen LogP contribution in [0.1, 0.15) is 12.0 Å². The monoisotopic (exact) mass is 287 g/mol. The third-order valence-electron chi connectivity index (χ3n) is 2.53. The Morgan fingerprint density at radius 1 is 1.53 bits per heavy atom. The molecule has 0 aliphatic carbocycles. The predicted molar refractivity (Wildman–Crippen MR) is 65.9 cm³/mol. The van der Waals surface area contributed by atoms with Crippen LogP contribution in [0.25, 0.3) is 0 Å². The molecule has 0 aromatic heterocycles. The van der Waals surface area contributed by atoms with E-state index in [1.165, 1.54) is 0 Å². The van der Waals surface area contributed by atoms with Crippen LogP contribution in [0.2, 0.25) is 5.02 Å². The molecular weight excluding hydrogens is 277 g/mol. The molecule has 4 heteroatoms. The van der Waals surface area contributed by atoms with Crippen molar-refractivity contribution in [3.05, 3.63) is 28.8 Å². The molecule has 2 rings (SSSR count). The van der Waals surface area contributed by atoms with E-state index in [0.717, 1.165) is 24.2 Å². The summed E-state index contributed by atoms with van der Waals surface area (Å²) in [5.74, 6) is 0.0995. The number of amides is 1. The molecule has 1 aromatic rings. The van der Waals surface area contributed by atoms with Gasteiger partial charge in [0.2, 0.25) is 5.91 Å². The van der Waals surface area contributed by atoms with E-state index < -0.39 is 0 Å². The lowest BCUT2D eigenvalue weighted by Crippen LogP contribution is -2.27. The van der Waals surface area contributed by atoms with Gasteiger partial charge < -0.3 is 4.90 Å². The van der Waals surface area contributed by atoms with Gasteiger partial charge in [0.25, 0.3) is 0 Å². The third kappa shape index (κ3) is 2.04. The van der Waals surface area contributed by atoms with Crippen molar-refractivity contribution < 1.29 is 4.79 Å². The summed E-state index contributed by atoms with van der Waals surface area (Å²) in [6.45, 7) is 2.73. The van der Waals surface area contributed by atoms with Crippen molar-refractivity contribution in [3.8, 4) is 0 Å². The molecule has 1 aliphatic rings. The third-order valence-corrected chi connectivity index (χ3v) is 3.70. The highest BCUT2D eigenvalue weighted by atomic mass is 79.9. The fourth-order valence-corrected chi connectivity index (χ4v) is 2.39. The Kier molecular flexibility index (Phi) is 3.03. The van der Waals surface area contributed by atoms with Crippen molar-refractivity contribution >= 4 is 39.1 Å². The number of carbonyl (C=O) groups is 1. The van der Waals surface area contributed by atoms with Crippen LogP contribution in [-0.2, 0) is 4.79 Å². The van der Waals surface area contributed by atoms with Crippen molar-refractivity contribution in [1.29, 1.82) is 0 Å². The topological polar surface area (TPSA) is 20.3 Å². The number of nitrogens with zero attached hydrogens (tertiary/aromatic N) is 1. The summed E-state index contributed by atoms with van der Waals surface area (Å²) >= 11 is 9.43. The van der Waals surface area contributed by atoms with Gasteiger partial charge in [-0.15, -0.1) is 0 Å². The fourth-order valence-electron chi connectivity index (χ4n) is 1.71. The van der Waals surface area contributed by atoms with E-state index in [1.807, 2.05) is 25.1 Å². The highest BCUT2D eigenvalue weighted by Gasteiger charge is 2.31. The van der Waals surface area contributed by atoms with Crippen LogP contribution in [0, 0.1) is 6.92 Å². The first-order valence-electron chi connectivity index (χ1n) is 4.81. The van der Waals surface area contributed by atoms with Crippen LogP contribution in [0.5, 0.6) is 0 Å². The van der Waals surface area contributed by atoms with Crippen molar-refractivity contribution in [3.63, 3.8) is 0 Å². The summed E-state index contributed by atoms with van der Waals surface area (Å²) in [6, 6.07) is 5.73. The van der Waals surface area contributed by atoms with Gasteiger partial charge in [-0.05, 0) is 31.0 Å². The lowest BCUT2D eigenvalue weighted by molar-refractivity contribution is -0.116. The molecule has 15 heavy (non-hydrogen) atoms. The summed E-state index contributed by atoms with van der Waals surface area (Å²) in [5.41, 5.74) is 1.93. The standard InChI is InChI=1S/C11H11BrClNO/c1-7-2-3-9(13)10(6-7)14-5-4-8(12)11(14)15/h2-3,6,8H,4-5H2,1H3.